The second kappa shape index (κ2) is 12.2. The molecule has 3 aromatic rings. The molecule has 0 aliphatic carbocycles. The average Bonchev–Trinajstić information content (AvgIpc) is 3.00. The molecule has 42 heavy (non-hydrogen) atoms. The summed E-state index contributed by atoms with van der Waals surface area (Å²) in [6, 6.07) is 18.3. The van der Waals surface area contributed by atoms with Gasteiger partial charge in [0.25, 0.3) is 5.91 Å². The number of hydrogen-bond donors (Lipinski definition) is 2. The van der Waals surface area contributed by atoms with E-state index >= 15 is 0 Å². The summed E-state index contributed by atoms with van der Waals surface area (Å²) < 4.78 is 0. The number of fused-ring (bicyclic) bond motifs is 1. The molecule has 2 saturated heterocycles. The fourth-order valence-electron chi connectivity index (χ4n) is 6.62. The number of likely N-dealkylation sites (tertiary alicyclic amines) is 2. The molecule has 3 aliphatic heterocycles. The molecular formula is C33H40N6O3. The summed E-state index contributed by atoms with van der Waals surface area (Å²) in [6.07, 6.45) is 2.69. The summed E-state index contributed by atoms with van der Waals surface area (Å²) in [6.45, 7) is 7.60. The van der Waals surface area contributed by atoms with E-state index in [1.807, 2.05) is 36.1 Å². The molecule has 1 aromatic heterocycles. The number of anilines is 1. The second-order valence-corrected chi connectivity index (χ2v) is 11.9. The fraction of sp³-hybridized carbons (Fsp3) is 0.455. The number of carbonyl (C=O) groups excluding carboxylic acids is 2. The van der Waals surface area contributed by atoms with Crippen LogP contribution in [-0.4, -0.2) is 92.5 Å². The average molecular weight is 569 g/mol. The van der Waals surface area contributed by atoms with Crippen molar-refractivity contribution in [2.75, 3.05) is 38.0 Å². The van der Waals surface area contributed by atoms with E-state index in [1.54, 1.807) is 17.9 Å². The Morgan fingerprint density at radius 2 is 1.62 bits per heavy atom. The maximum Gasteiger partial charge on any atom is 0.272 e. The van der Waals surface area contributed by atoms with E-state index in [4.69, 9.17) is 9.97 Å². The number of aryl methyl sites for hydroxylation is 1. The number of amides is 2. The van der Waals surface area contributed by atoms with Crippen molar-refractivity contribution in [3.63, 3.8) is 0 Å². The molecule has 2 fully saturated rings. The van der Waals surface area contributed by atoms with Gasteiger partial charge in [0.05, 0.1) is 6.10 Å². The topological polar surface area (TPSA) is 102 Å². The molecule has 2 atom stereocenters. The zero-order valence-electron chi connectivity index (χ0n) is 24.5. The number of nitrogens with one attached hydrogen (secondary N) is 1. The van der Waals surface area contributed by atoms with Crippen molar-refractivity contribution in [2.45, 2.75) is 64.3 Å². The number of aromatic nitrogens is 2. The van der Waals surface area contributed by atoms with E-state index in [9.17, 15) is 14.7 Å². The first kappa shape index (κ1) is 28.3. The number of hydrogen-bond acceptors (Lipinski definition) is 7. The lowest BCUT2D eigenvalue weighted by molar-refractivity contribution is -0.129. The minimum absolute atomic E-state index is 0.0217. The Hall–Kier alpha value is -3.82. The normalized spacial score (nSPS) is 21.6. The molecule has 2 aromatic carbocycles. The van der Waals surface area contributed by atoms with E-state index in [-0.39, 0.29) is 30.4 Å². The van der Waals surface area contributed by atoms with Gasteiger partial charge >= 0.3 is 0 Å². The standard InChI is InChI=1S/C33H40N6O3/c1-22-7-3-6-10-27(22)32-35-28(19-31(36-32)34-26-12-16-37(17-13-26)23(2)40)33(42)39-18-14-29(30(41)21-39)38-15-11-24-8-4-5-9-25(24)20-38/h3-10,19,26,29-30,41H,11-18,20-21H2,1-2H3,(H,34,35,36)/t29-,30-/m1/s1. The highest BCUT2D eigenvalue weighted by atomic mass is 16.3. The Labute approximate surface area is 247 Å². The van der Waals surface area contributed by atoms with Crippen molar-refractivity contribution < 1.29 is 14.7 Å². The fourth-order valence-corrected chi connectivity index (χ4v) is 6.62. The molecular weight excluding hydrogens is 528 g/mol. The van der Waals surface area contributed by atoms with Gasteiger partial charge in [-0.1, -0.05) is 48.5 Å². The van der Waals surface area contributed by atoms with Crippen molar-refractivity contribution in [1.29, 1.82) is 0 Å². The number of aliphatic hydroxyl groups excluding tert-OH is 1. The molecule has 4 heterocycles. The van der Waals surface area contributed by atoms with Gasteiger partial charge in [0.2, 0.25) is 5.91 Å². The van der Waals surface area contributed by atoms with Crippen LogP contribution in [-0.2, 0) is 17.8 Å². The number of aliphatic hydroxyl groups is 1. The largest absolute Gasteiger partial charge is 0.390 e. The molecule has 0 unspecified atom stereocenters. The van der Waals surface area contributed by atoms with Crippen LogP contribution >= 0.6 is 0 Å². The van der Waals surface area contributed by atoms with E-state index in [0.29, 0.717) is 43.4 Å². The molecule has 0 radical (unpaired) electrons. The molecule has 2 N–H and O–H groups in total. The minimum atomic E-state index is -0.630. The van der Waals surface area contributed by atoms with E-state index < -0.39 is 6.10 Å². The highest BCUT2D eigenvalue weighted by Gasteiger charge is 2.36. The van der Waals surface area contributed by atoms with Crippen LogP contribution < -0.4 is 5.32 Å². The molecule has 2 amide bonds. The molecule has 3 aliphatic rings. The van der Waals surface area contributed by atoms with E-state index in [2.05, 4.69) is 34.5 Å². The van der Waals surface area contributed by atoms with Crippen LogP contribution in [0.5, 0.6) is 0 Å². The smallest absolute Gasteiger partial charge is 0.272 e. The highest BCUT2D eigenvalue weighted by molar-refractivity contribution is 5.93. The van der Waals surface area contributed by atoms with E-state index in [0.717, 1.165) is 43.5 Å². The minimum Gasteiger partial charge on any atom is -0.390 e. The van der Waals surface area contributed by atoms with Crippen molar-refractivity contribution in [2.24, 2.45) is 0 Å². The molecule has 0 saturated carbocycles. The first-order chi connectivity index (χ1) is 20.4. The summed E-state index contributed by atoms with van der Waals surface area (Å²) in [7, 11) is 0. The summed E-state index contributed by atoms with van der Waals surface area (Å²) in [5, 5.41) is 14.7. The summed E-state index contributed by atoms with van der Waals surface area (Å²) in [4.78, 5) is 41.2. The number of nitrogens with zero attached hydrogens (tertiary/aromatic N) is 5. The lowest BCUT2D eigenvalue weighted by atomic mass is 9.94. The summed E-state index contributed by atoms with van der Waals surface area (Å²) in [5.74, 6) is 1.02. The Morgan fingerprint density at radius 1 is 0.905 bits per heavy atom. The highest BCUT2D eigenvalue weighted by Crippen LogP contribution is 2.27. The van der Waals surface area contributed by atoms with Crippen LogP contribution in [0.4, 0.5) is 5.82 Å². The maximum absolute atomic E-state index is 13.9. The first-order valence-electron chi connectivity index (χ1n) is 15.1. The first-order valence-corrected chi connectivity index (χ1v) is 15.1. The van der Waals surface area contributed by atoms with Gasteiger partial charge in [-0.15, -0.1) is 0 Å². The quantitative estimate of drug-likeness (QED) is 0.486. The second-order valence-electron chi connectivity index (χ2n) is 11.9. The molecule has 0 spiro atoms. The van der Waals surface area contributed by atoms with Crippen molar-refractivity contribution in [1.82, 2.24) is 24.7 Å². The molecule has 6 rings (SSSR count). The number of rotatable bonds is 5. The van der Waals surface area contributed by atoms with Crippen LogP contribution in [0.15, 0.2) is 54.6 Å². The molecule has 9 heteroatoms. The van der Waals surface area contributed by atoms with Gasteiger partial charge in [-0.2, -0.15) is 0 Å². The third-order valence-corrected chi connectivity index (χ3v) is 9.09. The van der Waals surface area contributed by atoms with Crippen molar-refractivity contribution >= 4 is 17.6 Å². The van der Waals surface area contributed by atoms with Gasteiger partial charge in [0.1, 0.15) is 11.5 Å². The summed E-state index contributed by atoms with van der Waals surface area (Å²) in [5.41, 5.74) is 4.95. The predicted molar refractivity (Wildman–Crippen MR) is 162 cm³/mol. The van der Waals surface area contributed by atoms with Crippen LogP contribution in [0, 0.1) is 6.92 Å². The number of benzene rings is 2. The zero-order chi connectivity index (χ0) is 29.2. The van der Waals surface area contributed by atoms with Gasteiger partial charge in [-0.25, -0.2) is 9.97 Å². The Kier molecular flexibility index (Phi) is 8.22. The Balaban J connectivity index is 1.19. The Morgan fingerprint density at radius 3 is 2.36 bits per heavy atom. The number of piperidine rings is 2. The van der Waals surface area contributed by atoms with Gasteiger partial charge < -0.3 is 20.2 Å². The van der Waals surface area contributed by atoms with Crippen LogP contribution in [0.1, 0.15) is 53.4 Å². The number of carbonyl (C=O) groups is 2. The Bertz CT molecular complexity index is 1450. The van der Waals surface area contributed by atoms with Crippen LogP contribution in [0.2, 0.25) is 0 Å². The van der Waals surface area contributed by atoms with E-state index in [1.165, 1.54) is 11.1 Å². The lowest BCUT2D eigenvalue weighted by Gasteiger charge is -2.43. The maximum atomic E-state index is 13.9. The van der Waals surface area contributed by atoms with Crippen molar-refractivity contribution in [3.8, 4) is 11.4 Å². The third kappa shape index (κ3) is 6.03. The predicted octanol–water partition coefficient (Wildman–Crippen LogP) is 3.51. The van der Waals surface area contributed by atoms with Crippen molar-refractivity contribution in [3.05, 3.63) is 77.0 Å². The molecule has 220 valence electrons. The molecule has 0 bridgehead atoms. The lowest BCUT2D eigenvalue weighted by Crippen LogP contribution is -2.56. The van der Waals surface area contributed by atoms with Gasteiger partial charge in [-0.05, 0) is 49.3 Å². The third-order valence-electron chi connectivity index (χ3n) is 9.09. The summed E-state index contributed by atoms with van der Waals surface area (Å²) >= 11 is 0. The number of β-amino-alcohol motifs (C(OH)–C–C–N with tert-alkyl or cyclic N) is 1. The SMILES string of the molecule is CC(=O)N1CCC(Nc2cc(C(=O)N3CC[C@@H](N4CCc5ccccc5C4)[C@H](O)C3)nc(-c3ccccc3C)n2)CC1. The van der Waals surface area contributed by atoms with Gasteiger partial charge in [-0.3, -0.25) is 14.5 Å². The molecule has 9 nitrogen and oxygen atoms in total. The monoisotopic (exact) mass is 568 g/mol. The van der Waals surface area contributed by atoms with Crippen LogP contribution in [0.25, 0.3) is 11.4 Å². The zero-order valence-corrected chi connectivity index (χ0v) is 24.5. The van der Waals surface area contributed by atoms with Gasteiger partial charge in [0, 0.05) is 69.9 Å². The van der Waals surface area contributed by atoms with Crippen LogP contribution in [0.3, 0.4) is 0 Å². The van der Waals surface area contributed by atoms with Gasteiger partial charge in [0.15, 0.2) is 5.82 Å².